The molecule has 0 bridgehead atoms. The predicted octanol–water partition coefficient (Wildman–Crippen LogP) is 14.7. The number of rotatable bonds is 7. The second-order valence-electron chi connectivity index (χ2n) is 16.6. The van der Waals surface area contributed by atoms with Crippen molar-refractivity contribution in [2.45, 2.75) is 12.3 Å². The summed E-state index contributed by atoms with van der Waals surface area (Å²) in [6, 6.07) is 67.7. The van der Waals surface area contributed by atoms with E-state index in [0.717, 1.165) is 78.0 Å². The second kappa shape index (κ2) is 15.4. The van der Waals surface area contributed by atoms with Crippen LogP contribution >= 0.6 is 0 Å². The Balaban J connectivity index is 1.00. The largest absolute Gasteiger partial charge is 0.457 e. The van der Waals surface area contributed by atoms with Crippen LogP contribution in [0.15, 0.2) is 219 Å². The summed E-state index contributed by atoms with van der Waals surface area (Å²) in [5, 5.41) is 3.37. The first-order valence-electron chi connectivity index (χ1n) is 21.9. The minimum Gasteiger partial charge on any atom is -0.457 e. The fourth-order valence-electron chi connectivity index (χ4n) is 10.1. The average Bonchev–Trinajstić information content (AvgIpc) is 3.67. The van der Waals surface area contributed by atoms with Crippen molar-refractivity contribution in [3.63, 3.8) is 0 Å². The molecule has 0 unspecified atom stereocenters. The summed E-state index contributed by atoms with van der Waals surface area (Å²) >= 11 is 0. The summed E-state index contributed by atoms with van der Waals surface area (Å²) < 4.78 is 6.63. The van der Waals surface area contributed by atoms with Crippen LogP contribution in [-0.2, 0) is 5.41 Å². The molecule has 0 saturated carbocycles. The van der Waals surface area contributed by atoms with Crippen molar-refractivity contribution in [2.75, 3.05) is 0 Å². The van der Waals surface area contributed by atoms with Gasteiger partial charge in [-0.05, 0) is 64.6 Å². The molecule has 0 amide bonds. The average molecular weight is 833 g/mol. The Hall–Kier alpha value is -8.54. The van der Waals surface area contributed by atoms with Gasteiger partial charge in [-0.1, -0.05) is 195 Å². The van der Waals surface area contributed by atoms with E-state index in [4.69, 9.17) is 24.7 Å². The standard InChI is InChI=1S/C60H40N4O/c1-3-18-43(37-38(2)39-31-33-42(34-32-39)59-63-57(40-19-6-4-7-20-40)62-58(64-59)41-21-8-5-9-22-41)56-46-35-36-50-55(54(46)45-24-11-15-28-51(45)61-56)44-23-10-12-25-47(44)60(50)48-26-13-16-29-52(48)65-53-30-17-14-27-49(53)60/h3-37H,1H2,2H3/b38-37+,43-18+. The molecule has 1 aliphatic heterocycles. The van der Waals surface area contributed by atoms with Gasteiger partial charge in [0.25, 0.3) is 0 Å². The molecule has 0 saturated heterocycles. The summed E-state index contributed by atoms with van der Waals surface area (Å²) in [4.78, 5) is 20.2. The summed E-state index contributed by atoms with van der Waals surface area (Å²) in [6.07, 6.45) is 6.15. The first-order valence-corrected chi connectivity index (χ1v) is 21.9. The van der Waals surface area contributed by atoms with Crippen molar-refractivity contribution in [1.29, 1.82) is 0 Å². The van der Waals surface area contributed by atoms with E-state index in [9.17, 15) is 0 Å². The number of nitrogens with zero attached hydrogens (tertiary/aromatic N) is 4. The van der Waals surface area contributed by atoms with Crippen LogP contribution in [0.5, 0.6) is 11.5 Å². The van der Waals surface area contributed by atoms with Crippen LogP contribution in [0.3, 0.4) is 0 Å². The van der Waals surface area contributed by atoms with E-state index in [2.05, 4.69) is 159 Å². The molecule has 306 valence electrons. The molecule has 0 atom stereocenters. The Kier molecular flexibility index (Phi) is 9.02. The first kappa shape index (κ1) is 38.2. The topological polar surface area (TPSA) is 60.8 Å². The van der Waals surface area contributed by atoms with Gasteiger partial charge < -0.3 is 4.74 Å². The minimum absolute atomic E-state index is 0.577. The van der Waals surface area contributed by atoms with Crippen molar-refractivity contribution in [3.8, 4) is 56.8 Å². The number of benzene rings is 8. The van der Waals surface area contributed by atoms with Gasteiger partial charge in [-0.25, -0.2) is 19.9 Å². The smallest absolute Gasteiger partial charge is 0.164 e. The lowest BCUT2D eigenvalue weighted by atomic mass is 9.66. The second-order valence-corrected chi connectivity index (χ2v) is 16.6. The lowest BCUT2D eigenvalue weighted by molar-refractivity contribution is 0.436. The maximum atomic E-state index is 6.63. The first-order chi connectivity index (χ1) is 32.1. The van der Waals surface area contributed by atoms with Crippen molar-refractivity contribution in [2.24, 2.45) is 0 Å². The molecule has 8 aromatic carbocycles. The molecular weight excluding hydrogens is 793 g/mol. The van der Waals surface area contributed by atoms with E-state index in [1.165, 1.54) is 27.6 Å². The van der Waals surface area contributed by atoms with Gasteiger partial charge >= 0.3 is 0 Å². The molecule has 10 aromatic rings. The van der Waals surface area contributed by atoms with E-state index in [0.29, 0.717) is 17.5 Å². The number of fused-ring (bicyclic) bond motifs is 13. The van der Waals surface area contributed by atoms with Crippen LogP contribution in [-0.4, -0.2) is 19.9 Å². The molecule has 0 radical (unpaired) electrons. The molecular formula is C60H40N4O. The summed E-state index contributed by atoms with van der Waals surface area (Å²) in [5.74, 6) is 3.64. The number of allylic oxidation sites excluding steroid dienone is 5. The zero-order valence-electron chi connectivity index (χ0n) is 35.6. The van der Waals surface area contributed by atoms with Crippen LogP contribution < -0.4 is 4.74 Å². The highest BCUT2D eigenvalue weighted by atomic mass is 16.5. The van der Waals surface area contributed by atoms with Crippen molar-refractivity contribution < 1.29 is 4.74 Å². The fourth-order valence-corrected chi connectivity index (χ4v) is 10.1. The van der Waals surface area contributed by atoms with Crippen LogP contribution in [0.2, 0.25) is 0 Å². The van der Waals surface area contributed by atoms with Crippen molar-refractivity contribution >= 4 is 32.8 Å². The zero-order valence-corrected chi connectivity index (χ0v) is 35.6. The minimum atomic E-state index is -0.577. The van der Waals surface area contributed by atoms with E-state index in [1.807, 2.05) is 66.7 Å². The molecule has 1 spiro atoms. The van der Waals surface area contributed by atoms with Crippen LogP contribution in [0.1, 0.15) is 40.4 Å². The SMILES string of the molecule is C=C/C=C(\C=C(/C)c1ccc(-c2nc(-c3ccccc3)nc(-c3ccccc3)n2)cc1)c1nc2ccccc2c2c3c(ccc12)C1(c2ccccc2Oc2ccccc21)c1ccccc1-3. The van der Waals surface area contributed by atoms with Gasteiger partial charge in [0.05, 0.1) is 16.6 Å². The number of aromatic nitrogens is 4. The van der Waals surface area contributed by atoms with Crippen molar-refractivity contribution in [1.82, 2.24) is 19.9 Å². The summed E-state index contributed by atoms with van der Waals surface area (Å²) in [7, 11) is 0. The zero-order chi connectivity index (χ0) is 43.5. The van der Waals surface area contributed by atoms with Gasteiger partial charge in [0, 0.05) is 49.5 Å². The number of ether oxygens (including phenoxy) is 1. The number of hydrogen-bond acceptors (Lipinski definition) is 5. The Morgan fingerprint density at radius 1 is 0.492 bits per heavy atom. The molecule has 65 heavy (non-hydrogen) atoms. The fraction of sp³-hybridized carbons (Fsp3) is 0.0333. The van der Waals surface area contributed by atoms with Gasteiger partial charge in [0.2, 0.25) is 0 Å². The highest BCUT2D eigenvalue weighted by molar-refractivity contribution is 6.19. The van der Waals surface area contributed by atoms with E-state index in [1.54, 1.807) is 0 Å². The third-order valence-corrected chi connectivity index (χ3v) is 12.9. The maximum Gasteiger partial charge on any atom is 0.164 e. The van der Waals surface area contributed by atoms with Crippen LogP contribution in [0.25, 0.3) is 78.1 Å². The molecule has 0 N–H and O–H groups in total. The Bertz CT molecular complexity index is 3490. The highest BCUT2D eigenvalue weighted by Crippen LogP contribution is 2.63. The van der Waals surface area contributed by atoms with Crippen LogP contribution in [0.4, 0.5) is 0 Å². The third kappa shape index (κ3) is 6.08. The molecule has 2 aromatic heterocycles. The molecule has 5 nitrogen and oxygen atoms in total. The molecule has 12 rings (SSSR count). The quantitative estimate of drug-likeness (QED) is 0.118. The van der Waals surface area contributed by atoms with Crippen LogP contribution in [0, 0.1) is 0 Å². The molecule has 5 heteroatoms. The lowest BCUT2D eigenvalue weighted by Gasteiger charge is -2.39. The Morgan fingerprint density at radius 3 is 1.66 bits per heavy atom. The maximum absolute atomic E-state index is 6.63. The lowest BCUT2D eigenvalue weighted by Crippen LogP contribution is -2.32. The highest BCUT2D eigenvalue weighted by Gasteiger charge is 2.51. The Morgan fingerprint density at radius 2 is 1.03 bits per heavy atom. The van der Waals surface area contributed by atoms with Crippen molar-refractivity contribution in [3.05, 3.63) is 252 Å². The third-order valence-electron chi connectivity index (χ3n) is 12.9. The van der Waals surface area contributed by atoms with E-state index in [-0.39, 0.29) is 0 Å². The molecule has 3 heterocycles. The van der Waals surface area contributed by atoms with Gasteiger partial charge in [-0.2, -0.15) is 0 Å². The molecule has 2 aliphatic rings. The number of para-hydroxylation sites is 3. The molecule has 1 aliphatic carbocycles. The molecule has 0 fully saturated rings. The summed E-state index contributed by atoms with van der Waals surface area (Å²) in [6.45, 7) is 6.32. The van der Waals surface area contributed by atoms with E-state index < -0.39 is 5.41 Å². The van der Waals surface area contributed by atoms with Gasteiger partial charge in [-0.3, -0.25) is 0 Å². The van der Waals surface area contributed by atoms with Gasteiger partial charge in [0.15, 0.2) is 17.5 Å². The van der Waals surface area contributed by atoms with Gasteiger partial charge in [-0.15, -0.1) is 0 Å². The predicted molar refractivity (Wildman–Crippen MR) is 265 cm³/mol. The monoisotopic (exact) mass is 832 g/mol. The number of pyridine rings is 1. The van der Waals surface area contributed by atoms with E-state index >= 15 is 0 Å². The Labute approximate surface area is 377 Å². The normalized spacial score (nSPS) is 13.5. The van der Waals surface area contributed by atoms with Gasteiger partial charge in [0.1, 0.15) is 11.5 Å². The number of hydrogen-bond donors (Lipinski definition) is 0. The summed E-state index contributed by atoms with van der Waals surface area (Å²) in [5.41, 5.74) is 14.4.